The van der Waals surface area contributed by atoms with E-state index >= 15 is 0 Å². The second-order valence-electron chi connectivity index (χ2n) is 3.25. The van der Waals surface area contributed by atoms with Gasteiger partial charge in [0.25, 0.3) is 0 Å². The highest BCUT2D eigenvalue weighted by Crippen LogP contribution is 2.23. The van der Waals surface area contributed by atoms with Crippen LogP contribution in [0.25, 0.3) is 11.1 Å². The van der Waals surface area contributed by atoms with Crippen molar-refractivity contribution in [2.24, 2.45) is 4.99 Å². The van der Waals surface area contributed by atoms with E-state index in [2.05, 4.69) is 11.7 Å². The van der Waals surface area contributed by atoms with Gasteiger partial charge < -0.3 is 5.11 Å². The molecule has 0 heterocycles. The van der Waals surface area contributed by atoms with Gasteiger partial charge in [-0.05, 0) is 42.1 Å². The van der Waals surface area contributed by atoms with Gasteiger partial charge in [-0.25, -0.2) is 0 Å². The van der Waals surface area contributed by atoms with Gasteiger partial charge >= 0.3 is 0 Å². The van der Waals surface area contributed by atoms with Crippen LogP contribution in [0.15, 0.2) is 53.5 Å². The van der Waals surface area contributed by atoms with Crippen molar-refractivity contribution in [2.45, 2.75) is 0 Å². The first-order valence-electron chi connectivity index (χ1n) is 4.66. The Kier molecular flexibility index (Phi) is 2.50. The quantitative estimate of drug-likeness (QED) is 0.735. The number of aromatic hydroxyl groups is 1. The molecule has 2 aromatic rings. The SMILES string of the molecule is C=Nc1ccc(-c2ccc(O)cc2)cc1. The summed E-state index contributed by atoms with van der Waals surface area (Å²) in [6.45, 7) is 3.46. The molecule has 0 radical (unpaired) electrons. The topological polar surface area (TPSA) is 32.6 Å². The molecule has 0 unspecified atom stereocenters. The lowest BCUT2D eigenvalue weighted by Gasteiger charge is -2.01. The zero-order chi connectivity index (χ0) is 10.7. The molecule has 0 saturated heterocycles. The summed E-state index contributed by atoms with van der Waals surface area (Å²) in [5.41, 5.74) is 3.03. The summed E-state index contributed by atoms with van der Waals surface area (Å²) in [7, 11) is 0. The van der Waals surface area contributed by atoms with Crippen LogP contribution in [-0.4, -0.2) is 11.8 Å². The molecule has 0 spiro atoms. The third-order valence-electron chi connectivity index (χ3n) is 2.25. The first-order chi connectivity index (χ1) is 7.29. The predicted octanol–water partition coefficient (Wildman–Crippen LogP) is 3.39. The lowest BCUT2D eigenvalue weighted by Crippen LogP contribution is -1.75. The van der Waals surface area contributed by atoms with Gasteiger partial charge in [0.2, 0.25) is 0 Å². The fraction of sp³-hybridized carbons (Fsp3) is 0. The van der Waals surface area contributed by atoms with Crippen LogP contribution >= 0.6 is 0 Å². The van der Waals surface area contributed by atoms with Crippen molar-refractivity contribution in [3.05, 3.63) is 48.5 Å². The first kappa shape index (κ1) is 9.46. The van der Waals surface area contributed by atoms with E-state index in [0.29, 0.717) is 0 Å². The Balaban J connectivity index is 2.37. The van der Waals surface area contributed by atoms with Crippen LogP contribution < -0.4 is 0 Å². The van der Waals surface area contributed by atoms with Gasteiger partial charge in [0.15, 0.2) is 0 Å². The number of rotatable bonds is 2. The monoisotopic (exact) mass is 197 g/mol. The minimum atomic E-state index is 0.281. The molecule has 0 aromatic heterocycles. The Morgan fingerprint density at radius 3 is 1.73 bits per heavy atom. The molecular formula is C13H11NO. The number of nitrogens with zero attached hydrogens (tertiary/aromatic N) is 1. The average Bonchev–Trinajstić information content (AvgIpc) is 2.30. The second-order valence-corrected chi connectivity index (χ2v) is 3.25. The maximum atomic E-state index is 9.16. The number of aliphatic imine (C=N–C) groups is 1. The number of hydrogen-bond acceptors (Lipinski definition) is 2. The summed E-state index contributed by atoms with van der Waals surface area (Å²) in [4.78, 5) is 3.83. The molecule has 15 heavy (non-hydrogen) atoms. The fourth-order valence-corrected chi connectivity index (χ4v) is 1.41. The Morgan fingerprint density at radius 1 is 0.800 bits per heavy atom. The fourth-order valence-electron chi connectivity index (χ4n) is 1.41. The average molecular weight is 197 g/mol. The molecule has 0 aliphatic rings. The van der Waals surface area contributed by atoms with Crippen LogP contribution in [0.2, 0.25) is 0 Å². The summed E-state index contributed by atoms with van der Waals surface area (Å²) in [5, 5.41) is 9.16. The molecule has 2 nitrogen and oxygen atoms in total. The van der Waals surface area contributed by atoms with E-state index in [1.807, 2.05) is 36.4 Å². The number of hydrogen-bond donors (Lipinski definition) is 1. The van der Waals surface area contributed by atoms with Crippen LogP contribution in [0.3, 0.4) is 0 Å². The van der Waals surface area contributed by atoms with Crippen molar-refractivity contribution in [3.63, 3.8) is 0 Å². The van der Waals surface area contributed by atoms with Crippen molar-refractivity contribution in [2.75, 3.05) is 0 Å². The first-order valence-corrected chi connectivity index (χ1v) is 4.66. The molecule has 0 amide bonds. The number of benzene rings is 2. The maximum Gasteiger partial charge on any atom is 0.115 e. The van der Waals surface area contributed by atoms with E-state index in [1.165, 1.54) is 0 Å². The highest BCUT2D eigenvalue weighted by atomic mass is 16.3. The third-order valence-corrected chi connectivity index (χ3v) is 2.25. The summed E-state index contributed by atoms with van der Waals surface area (Å²) in [6.07, 6.45) is 0. The Bertz CT molecular complexity index is 457. The molecule has 0 aliphatic heterocycles. The standard InChI is InChI=1S/C13H11NO/c1-14-12-6-2-10(3-7-12)11-4-8-13(15)9-5-11/h2-9,15H,1H2. The normalized spacial score (nSPS) is 9.87. The largest absolute Gasteiger partial charge is 0.508 e. The van der Waals surface area contributed by atoms with Crippen LogP contribution in [-0.2, 0) is 0 Å². The van der Waals surface area contributed by atoms with Gasteiger partial charge in [-0.2, -0.15) is 0 Å². The van der Waals surface area contributed by atoms with E-state index in [9.17, 15) is 0 Å². The molecule has 0 saturated carbocycles. The smallest absolute Gasteiger partial charge is 0.115 e. The Morgan fingerprint density at radius 2 is 1.27 bits per heavy atom. The zero-order valence-corrected chi connectivity index (χ0v) is 8.22. The van der Waals surface area contributed by atoms with Gasteiger partial charge in [-0.3, -0.25) is 4.99 Å². The van der Waals surface area contributed by atoms with Crippen molar-refractivity contribution in [1.29, 1.82) is 0 Å². The summed E-state index contributed by atoms with van der Waals surface area (Å²) >= 11 is 0. The molecule has 1 N–H and O–H groups in total. The minimum Gasteiger partial charge on any atom is -0.508 e. The zero-order valence-electron chi connectivity index (χ0n) is 8.22. The van der Waals surface area contributed by atoms with Crippen LogP contribution in [0.5, 0.6) is 5.75 Å². The highest BCUT2D eigenvalue weighted by molar-refractivity contribution is 5.66. The van der Waals surface area contributed by atoms with Crippen LogP contribution in [0, 0.1) is 0 Å². The summed E-state index contributed by atoms with van der Waals surface area (Å²) in [6, 6.07) is 14.9. The molecule has 0 fully saturated rings. The van der Waals surface area contributed by atoms with Gasteiger partial charge in [0.1, 0.15) is 5.75 Å². The minimum absolute atomic E-state index is 0.281. The van der Waals surface area contributed by atoms with Gasteiger partial charge in [0.05, 0.1) is 5.69 Å². The lowest BCUT2D eigenvalue weighted by atomic mass is 10.1. The lowest BCUT2D eigenvalue weighted by molar-refractivity contribution is 0.475. The van der Waals surface area contributed by atoms with E-state index < -0.39 is 0 Å². The third kappa shape index (κ3) is 2.05. The molecule has 0 aliphatic carbocycles. The van der Waals surface area contributed by atoms with Crippen molar-refractivity contribution >= 4 is 12.4 Å². The van der Waals surface area contributed by atoms with Gasteiger partial charge in [0, 0.05) is 0 Å². The molecule has 2 aromatic carbocycles. The Labute approximate surface area is 88.5 Å². The molecule has 2 rings (SSSR count). The maximum absolute atomic E-state index is 9.16. The van der Waals surface area contributed by atoms with E-state index in [1.54, 1.807) is 12.1 Å². The highest BCUT2D eigenvalue weighted by Gasteiger charge is 1.97. The van der Waals surface area contributed by atoms with Crippen molar-refractivity contribution in [3.8, 4) is 16.9 Å². The van der Waals surface area contributed by atoms with Gasteiger partial charge in [-0.15, -0.1) is 0 Å². The van der Waals surface area contributed by atoms with E-state index in [4.69, 9.17) is 5.11 Å². The number of phenolic OH excluding ortho intramolecular Hbond substituents is 1. The van der Waals surface area contributed by atoms with Crippen LogP contribution in [0.4, 0.5) is 5.69 Å². The molecule has 2 heteroatoms. The molecular weight excluding hydrogens is 186 g/mol. The molecule has 0 bridgehead atoms. The Hall–Kier alpha value is -2.09. The van der Waals surface area contributed by atoms with Gasteiger partial charge in [-0.1, -0.05) is 24.3 Å². The van der Waals surface area contributed by atoms with Crippen molar-refractivity contribution in [1.82, 2.24) is 0 Å². The molecule has 0 atom stereocenters. The predicted molar refractivity (Wildman–Crippen MR) is 62.8 cm³/mol. The molecule has 74 valence electrons. The summed E-state index contributed by atoms with van der Waals surface area (Å²) in [5.74, 6) is 0.281. The van der Waals surface area contributed by atoms with Crippen LogP contribution in [0.1, 0.15) is 0 Å². The second kappa shape index (κ2) is 3.96. The van der Waals surface area contributed by atoms with Crippen molar-refractivity contribution < 1.29 is 5.11 Å². The van der Waals surface area contributed by atoms with E-state index in [0.717, 1.165) is 16.8 Å². The number of phenols is 1. The summed E-state index contributed by atoms with van der Waals surface area (Å²) < 4.78 is 0. The van der Waals surface area contributed by atoms with E-state index in [-0.39, 0.29) is 5.75 Å².